The van der Waals surface area contributed by atoms with Crippen molar-refractivity contribution in [3.8, 4) is 11.5 Å². The summed E-state index contributed by atoms with van der Waals surface area (Å²) in [5.41, 5.74) is 0. The maximum Gasteiger partial charge on any atom is 0.530 e. The van der Waals surface area contributed by atoms with Crippen molar-refractivity contribution in [3.63, 3.8) is 0 Å². The SMILES string of the molecule is CC(OP1Oc2ccccc2O1)=C(Cl)Cl. The van der Waals surface area contributed by atoms with Gasteiger partial charge in [-0.3, -0.25) is 0 Å². The summed E-state index contributed by atoms with van der Waals surface area (Å²) in [5, 5.41) is 0. The minimum atomic E-state index is -1.47. The Morgan fingerprint density at radius 2 is 1.73 bits per heavy atom. The topological polar surface area (TPSA) is 27.7 Å². The maximum absolute atomic E-state index is 5.54. The summed E-state index contributed by atoms with van der Waals surface area (Å²) in [5.74, 6) is 1.72. The molecular formula is C9H7Cl2O3P. The van der Waals surface area contributed by atoms with Crippen molar-refractivity contribution >= 4 is 31.8 Å². The molecule has 2 rings (SSSR count). The quantitative estimate of drug-likeness (QED) is 0.587. The van der Waals surface area contributed by atoms with Crippen LogP contribution in [-0.2, 0) is 4.52 Å². The summed E-state index contributed by atoms with van der Waals surface area (Å²) in [4.78, 5) is 0. The molecular weight excluding hydrogens is 258 g/mol. The average molecular weight is 265 g/mol. The Balaban J connectivity index is 2.05. The second kappa shape index (κ2) is 4.48. The van der Waals surface area contributed by atoms with Gasteiger partial charge in [-0.2, -0.15) is 0 Å². The lowest BCUT2D eigenvalue weighted by Crippen LogP contribution is -1.90. The van der Waals surface area contributed by atoms with Crippen molar-refractivity contribution in [1.29, 1.82) is 0 Å². The van der Waals surface area contributed by atoms with Crippen molar-refractivity contribution in [3.05, 3.63) is 34.5 Å². The number of hydrogen-bond donors (Lipinski definition) is 0. The third-order valence-corrected chi connectivity index (χ3v) is 3.32. The van der Waals surface area contributed by atoms with Gasteiger partial charge in [0.15, 0.2) is 11.5 Å². The fourth-order valence-electron chi connectivity index (χ4n) is 0.964. The van der Waals surface area contributed by atoms with Gasteiger partial charge in [-0.05, 0) is 19.1 Å². The van der Waals surface area contributed by atoms with E-state index in [4.69, 9.17) is 36.8 Å². The molecule has 80 valence electrons. The Bertz CT molecular complexity index is 379. The largest absolute Gasteiger partial charge is 0.530 e. The molecule has 0 fully saturated rings. The molecule has 0 radical (unpaired) electrons. The van der Waals surface area contributed by atoms with Gasteiger partial charge in [0.1, 0.15) is 10.3 Å². The first kappa shape index (κ1) is 10.9. The van der Waals surface area contributed by atoms with E-state index >= 15 is 0 Å². The molecule has 3 nitrogen and oxygen atoms in total. The summed E-state index contributed by atoms with van der Waals surface area (Å²) in [6, 6.07) is 7.33. The van der Waals surface area contributed by atoms with Crippen LogP contribution in [0.15, 0.2) is 34.5 Å². The van der Waals surface area contributed by atoms with Gasteiger partial charge in [0.05, 0.1) is 0 Å². The molecule has 1 aromatic rings. The van der Waals surface area contributed by atoms with E-state index in [1.165, 1.54) is 0 Å². The Morgan fingerprint density at radius 1 is 1.20 bits per heavy atom. The number of benzene rings is 1. The maximum atomic E-state index is 5.54. The zero-order valence-corrected chi connectivity index (χ0v) is 10.1. The average Bonchev–Trinajstić information content (AvgIpc) is 2.59. The third-order valence-electron chi connectivity index (χ3n) is 1.67. The highest BCUT2D eigenvalue weighted by molar-refractivity contribution is 7.43. The Labute approximate surface area is 98.5 Å². The zero-order valence-electron chi connectivity index (χ0n) is 7.74. The van der Waals surface area contributed by atoms with Gasteiger partial charge in [0.25, 0.3) is 0 Å². The van der Waals surface area contributed by atoms with Gasteiger partial charge in [0, 0.05) is 0 Å². The van der Waals surface area contributed by atoms with E-state index in [2.05, 4.69) is 0 Å². The number of allylic oxidation sites excluding steroid dienone is 1. The molecule has 0 saturated heterocycles. The van der Waals surface area contributed by atoms with E-state index in [0.29, 0.717) is 17.3 Å². The lowest BCUT2D eigenvalue weighted by molar-refractivity contribution is 0.363. The van der Waals surface area contributed by atoms with E-state index < -0.39 is 8.60 Å². The minimum absolute atomic E-state index is 0.0701. The lowest BCUT2D eigenvalue weighted by Gasteiger charge is -2.08. The first-order valence-electron chi connectivity index (χ1n) is 4.12. The van der Waals surface area contributed by atoms with Gasteiger partial charge < -0.3 is 13.6 Å². The van der Waals surface area contributed by atoms with Crippen LogP contribution in [0.5, 0.6) is 11.5 Å². The number of rotatable bonds is 2. The van der Waals surface area contributed by atoms with Gasteiger partial charge in [-0.1, -0.05) is 35.3 Å². The monoisotopic (exact) mass is 264 g/mol. The van der Waals surface area contributed by atoms with Crippen molar-refractivity contribution in [1.82, 2.24) is 0 Å². The summed E-state index contributed by atoms with van der Waals surface area (Å²) < 4.78 is 16.2. The molecule has 0 bridgehead atoms. The van der Waals surface area contributed by atoms with Crippen LogP contribution in [0.3, 0.4) is 0 Å². The first-order chi connectivity index (χ1) is 7.16. The van der Waals surface area contributed by atoms with Gasteiger partial charge in [-0.25, -0.2) is 0 Å². The first-order valence-corrected chi connectivity index (χ1v) is 5.97. The normalized spacial score (nSPS) is 13.8. The van der Waals surface area contributed by atoms with Crippen molar-refractivity contribution in [2.75, 3.05) is 0 Å². The van der Waals surface area contributed by atoms with Crippen LogP contribution in [0.4, 0.5) is 0 Å². The van der Waals surface area contributed by atoms with Crippen LogP contribution in [-0.4, -0.2) is 0 Å². The van der Waals surface area contributed by atoms with E-state index in [0.717, 1.165) is 0 Å². The van der Waals surface area contributed by atoms with E-state index in [-0.39, 0.29) is 4.49 Å². The lowest BCUT2D eigenvalue weighted by atomic mass is 10.3. The predicted octanol–water partition coefficient (Wildman–Crippen LogP) is 4.37. The molecule has 0 spiro atoms. The summed E-state index contributed by atoms with van der Waals surface area (Å²) in [6.45, 7) is 1.65. The molecule has 1 aromatic carbocycles. The molecule has 0 aliphatic carbocycles. The molecule has 1 aliphatic heterocycles. The third kappa shape index (κ3) is 2.49. The summed E-state index contributed by atoms with van der Waals surface area (Å²) in [7, 11) is -1.47. The highest BCUT2D eigenvalue weighted by Gasteiger charge is 2.29. The van der Waals surface area contributed by atoms with Crippen LogP contribution in [0, 0.1) is 0 Å². The van der Waals surface area contributed by atoms with Crippen molar-refractivity contribution < 1.29 is 13.6 Å². The highest BCUT2D eigenvalue weighted by Crippen LogP contribution is 2.53. The van der Waals surface area contributed by atoms with Crippen LogP contribution in [0.2, 0.25) is 0 Å². The summed E-state index contributed by atoms with van der Waals surface area (Å²) in [6.07, 6.45) is 0. The van der Waals surface area contributed by atoms with Gasteiger partial charge in [-0.15, -0.1) is 0 Å². The van der Waals surface area contributed by atoms with E-state index in [1.807, 2.05) is 24.3 Å². The van der Waals surface area contributed by atoms with Crippen molar-refractivity contribution in [2.24, 2.45) is 0 Å². The standard InChI is InChI=1S/C9H7Cl2O3P/c1-6(9(10)11)12-15-13-7-4-2-3-5-8(7)14-15/h2-5H,1H3. The van der Waals surface area contributed by atoms with Crippen LogP contribution in [0.25, 0.3) is 0 Å². The number of halogens is 2. The van der Waals surface area contributed by atoms with Gasteiger partial charge >= 0.3 is 8.60 Å². The van der Waals surface area contributed by atoms with Gasteiger partial charge in [0.2, 0.25) is 0 Å². The predicted molar refractivity (Wildman–Crippen MR) is 60.1 cm³/mol. The Hall–Kier alpha value is -0.630. The minimum Gasteiger partial charge on any atom is -0.411 e. The van der Waals surface area contributed by atoms with Crippen LogP contribution < -0.4 is 9.05 Å². The molecule has 1 heterocycles. The number of para-hydroxylation sites is 2. The molecule has 0 saturated carbocycles. The number of hydrogen-bond acceptors (Lipinski definition) is 3. The molecule has 0 N–H and O–H groups in total. The molecule has 0 atom stereocenters. The molecule has 0 aromatic heterocycles. The Kier molecular flexibility index (Phi) is 3.25. The second-order valence-corrected chi connectivity index (χ2v) is 4.71. The van der Waals surface area contributed by atoms with Crippen LogP contribution in [0.1, 0.15) is 6.92 Å². The number of fused-ring (bicyclic) bond motifs is 1. The Morgan fingerprint density at radius 3 is 2.20 bits per heavy atom. The summed E-state index contributed by atoms with van der Waals surface area (Å²) >= 11 is 11.1. The fraction of sp³-hybridized carbons (Fsp3) is 0.111. The molecule has 1 aliphatic rings. The molecule has 6 heteroatoms. The van der Waals surface area contributed by atoms with E-state index in [9.17, 15) is 0 Å². The highest BCUT2D eigenvalue weighted by atomic mass is 35.5. The second-order valence-electron chi connectivity index (χ2n) is 2.76. The zero-order chi connectivity index (χ0) is 10.8. The fourth-order valence-corrected chi connectivity index (χ4v) is 2.20. The molecule has 0 unspecified atom stereocenters. The smallest absolute Gasteiger partial charge is 0.411 e. The molecule has 0 amide bonds. The van der Waals surface area contributed by atoms with Crippen LogP contribution >= 0.6 is 31.8 Å². The van der Waals surface area contributed by atoms with E-state index in [1.54, 1.807) is 6.92 Å². The van der Waals surface area contributed by atoms with Crippen molar-refractivity contribution in [2.45, 2.75) is 6.92 Å². The molecule has 15 heavy (non-hydrogen) atoms.